The second-order valence-corrected chi connectivity index (χ2v) is 6.78. The van der Waals surface area contributed by atoms with Gasteiger partial charge in [0.25, 0.3) is 0 Å². The minimum Gasteiger partial charge on any atom is -0.391 e. The summed E-state index contributed by atoms with van der Waals surface area (Å²) in [6.45, 7) is 11.4. The molecule has 0 aliphatic carbocycles. The van der Waals surface area contributed by atoms with Crippen LogP contribution in [0.25, 0.3) is 0 Å². The standard InChI is InChI=1S/C16H25N3O3/c1-11-14(12(2)22-17-11)10-21-18-13-6-8-19(9-7-13)15(20)16(3,4)5/h6-10H2,1-5H3. The molecule has 1 amide bonds. The molecule has 1 aromatic rings. The molecule has 1 aromatic heterocycles. The van der Waals surface area contributed by atoms with Crippen LogP contribution in [0.4, 0.5) is 0 Å². The summed E-state index contributed by atoms with van der Waals surface area (Å²) < 4.78 is 5.09. The van der Waals surface area contributed by atoms with E-state index >= 15 is 0 Å². The van der Waals surface area contributed by atoms with Crippen LogP contribution in [0.2, 0.25) is 0 Å². The van der Waals surface area contributed by atoms with Crippen LogP contribution in [-0.2, 0) is 16.2 Å². The molecular formula is C16H25N3O3. The fraction of sp³-hybridized carbons (Fsp3) is 0.688. The van der Waals surface area contributed by atoms with E-state index in [0.717, 1.165) is 35.6 Å². The molecule has 22 heavy (non-hydrogen) atoms. The summed E-state index contributed by atoms with van der Waals surface area (Å²) in [5.41, 5.74) is 2.46. The lowest BCUT2D eigenvalue weighted by molar-refractivity contribution is -0.139. The SMILES string of the molecule is Cc1noc(C)c1CON=C1CCN(C(=O)C(C)(C)C)CC1. The van der Waals surface area contributed by atoms with Gasteiger partial charge in [-0.15, -0.1) is 0 Å². The van der Waals surface area contributed by atoms with E-state index in [4.69, 9.17) is 9.36 Å². The Kier molecular flexibility index (Phi) is 4.88. The summed E-state index contributed by atoms with van der Waals surface area (Å²) in [6.07, 6.45) is 1.53. The summed E-state index contributed by atoms with van der Waals surface area (Å²) in [4.78, 5) is 19.5. The Hall–Kier alpha value is -1.85. The molecule has 6 nitrogen and oxygen atoms in total. The minimum absolute atomic E-state index is 0.197. The second-order valence-electron chi connectivity index (χ2n) is 6.78. The molecule has 2 rings (SSSR count). The van der Waals surface area contributed by atoms with Gasteiger partial charge in [-0.25, -0.2) is 0 Å². The number of amides is 1. The molecule has 1 aliphatic heterocycles. The molecule has 0 aromatic carbocycles. The van der Waals surface area contributed by atoms with Gasteiger partial charge >= 0.3 is 0 Å². The Balaban J connectivity index is 1.83. The molecule has 0 spiro atoms. The second kappa shape index (κ2) is 6.50. The predicted octanol–water partition coefficient (Wildman–Crippen LogP) is 2.83. The zero-order valence-electron chi connectivity index (χ0n) is 14.1. The van der Waals surface area contributed by atoms with Crippen molar-refractivity contribution in [3.8, 4) is 0 Å². The summed E-state index contributed by atoms with van der Waals surface area (Å²) >= 11 is 0. The number of carbonyl (C=O) groups is 1. The van der Waals surface area contributed by atoms with E-state index in [0.29, 0.717) is 19.7 Å². The molecule has 0 N–H and O–H groups in total. The average Bonchev–Trinajstić information content (AvgIpc) is 2.78. The van der Waals surface area contributed by atoms with Crippen molar-refractivity contribution in [1.82, 2.24) is 10.1 Å². The van der Waals surface area contributed by atoms with Gasteiger partial charge in [0, 0.05) is 31.3 Å². The van der Waals surface area contributed by atoms with Crippen LogP contribution in [0.1, 0.15) is 50.6 Å². The number of nitrogens with zero attached hydrogens (tertiary/aromatic N) is 3. The van der Waals surface area contributed by atoms with Crippen molar-refractivity contribution >= 4 is 11.6 Å². The number of carbonyl (C=O) groups excluding carboxylic acids is 1. The monoisotopic (exact) mass is 307 g/mol. The van der Waals surface area contributed by atoms with Gasteiger partial charge in [-0.2, -0.15) is 0 Å². The van der Waals surface area contributed by atoms with E-state index in [1.165, 1.54) is 0 Å². The van der Waals surface area contributed by atoms with Gasteiger partial charge in [-0.1, -0.05) is 31.1 Å². The maximum Gasteiger partial charge on any atom is 0.227 e. The summed E-state index contributed by atoms with van der Waals surface area (Å²) in [7, 11) is 0. The Morgan fingerprint density at radius 1 is 1.32 bits per heavy atom. The van der Waals surface area contributed by atoms with E-state index in [1.807, 2.05) is 39.5 Å². The third-order valence-corrected chi connectivity index (χ3v) is 3.85. The Bertz CT molecular complexity index is 540. The van der Waals surface area contributed by atoms with Crippen molar-refractivity contribution < 1.29 is 14.2 Å². The number of likely N-dealkylation sites (tertiary alicyclic amines) is 1. The van der Waals surface area contributed by atoms with Gasteiger partial charge in [-0.3, -0.25) is 4.79 Å². The van der Waals surface area contributed by atoms with Gasteiger partial charge in [0.15, 0.2) is 0 Å². The normalized spacial score (nSPS) is 15.9. The number of hydrogen-bond acceptors (Lipinski definition) is 5. The molecule has 0 bridgehead atoms. The van der Waals surface area contributed by atoms with Crippen LogP contribution >= 0.6 is 0 Å². The smallest absolute Gasteiger partial charge is 0.227 e. The highest BCUT2D eigenvalue weighted by molar-refractivity contribution is 5.88. The van der Waals surface area contributed by atoms with Crippen molar-refractivity contribution in [3.63, 3.8) is 0 Å². The molecule has 6 heteroatoms. The molecule has 1 fully saturated rings. The van der Waals surface area contributed by atoms with Crippen LogP contribution in [0.15, 0.2) is 9.68 Å². The van der Waals surface area contributed by atoms with Crippen LogP contribution in [0, 0.1) is 19.3 Å². The Morgan fingerprint density at radius 2 is 1.95 bits per heavy atom. The van der Waals surface area contributed by atoms with Gasteiger partial charge in [0.05, 0.1) is 17.0 Å². The molecule has 0 radical (unpaired) electrons. The highest BCUT2D eigenvalue weighted by Crippen LogP contribution is 2.20. The zero-order valence-corrected chi connectivity index (χ0v) is 14.1. The summed E-state index contributed by atoms with van der Waals surface area (Å²) in [6, 6.07) is 0. The van der Waals surface area contributed by atoms with Crippen LogP contribution < -0.4 is 0 Å². The first kappa shape index (κ1) is 16.5. The maximum absolute atomic E-state index is 12.2. The molecule has 0 saturated carbocycles. The van der Waals surface area contributed by atoms with Crippen molar-refractivity contribution in [3.05, 3.63) is 17.0 Å². The molecule has 122 valence electrons. The number of rotatable bonds is 3. The first-order chi connectivity index (χ1) is 10.3. The fourth-order valence-corrected chi connectivity index (χ4v) is 2.43. The lowest BCUT2D eigenvalue weighted by atomic mass is 9.93. The number of piperidine rings is 1. The van der Waals surface area contributed by atoms with E-state index in [9.17, 15) is 4.79 Å². The maximum atomic E-state index is 12.2. The van der Waals surface area contributed by atoms with Gasteiger partial charge in [0.2, 0.25) is 5.91 Å². The van der Waals surface area contributed by atoms with E-state index in [2.05, 4.69) is 10.3 Å². The van der Waals surface area contributed by atoms with Gasteiger partial charge in [0.1, 0.15) is 12.4 Å². The van der Waals surface area contributed by atoms with Crippen molar-refractivity contribution in [2.75, 3.05) is 13.1 Å². The summed E-state index contributed by atoms with van der Waals surface area (Å²) in [5, 5.41) is 8.09. The van der Waals surface area contributed by atoms with E-state index < -0.39 is 0 Å². The van der Waals surface area contributed by atoms with Crippen LogP contribution in [0.3, 0.4) is 0 Å². The first-order valence-corrected chi connectivity index (χ1v) is 7.68. The quantitative estimate of drug-likeness (QED) is 0.805. The molecular weight excluding hydrogens is 282 g/mol. The number of hydrogen-bond donors (Lipinski definition) is 0. The Labute approximate surface area is 131 Å². The number of aromatic nitrogens is 1. The lowest BCUT2D eigenvalue weighted by Crippen LogP contribution is -2.44. The number of aryl methyl sites for hydroxylation is 2. The highest BCUT2D eigenvalue weighted by Gasteiger charge is 2.29. The van der Waals surface area contributed by atoms with E-state index in [-0.39, 0.29) is 11.3 Å². The Morgan fingerprint density at radius 3 is 2.45 bits per heavy atom. The third kappa shape index (κ3) is 3.87. The molecule has 1 aliphatic rings. The minimum atomic E-state index is -0.325. The van der Waals surface area contributed by atoms with Gasteiger partial charge in [-0.05, 0) is 13.8 Å². The lowest BCUT2D eigenvalue weighted by Gasteiger charge is -2.32. The molecule has 2 heterocycles. The van der Waals surface area contributed by atoms with Gasteiger partial charge < -0.3 is 14.3 Å². The van der Waals surface area contributed by atoms with Crippen LogP contribution in [0.5, 0.6) is 0 Å². The summed E-state index contributed by atoms with van der Waals surface area (Å²) in [5.74, 6) is 0.964. The molecule has 0 unspecified atom stereocenters. The highest BCUT2D eigenvalue weighted by atomic mass is 16.6. The molecule has 1 saturated heterocycles. The topological polar surface area (TPSA) is 67.9 Å². The largest absolute Gasteiger partial charge is 0.391 e. The first-order valence-electron chi connectivity index (χ1n) is 7.68. The zero-order chi connectivity index (χ0) is 16.3. The van der Waals surface area contributed by atoms with Crippen molar-refractivity contribution in [1.29, 1.82) is 0 Å². The van der Waals surface area contributed by atoms with E-state index in [1.54, 1.807) is 0 Å². The third-order valence-electron chi connectivity index (χ3n) is 3.85. The average molecular weight is 307 g/mol. The fourth-order valence-electron chi connectivity index (χ4n) is 2.43. The molecule has 0 atom stereocenters. The predicted molar refractivity (Wildman–Crippen MR) is 83.5 cm³/mol. The van der Waals surface area contributed by atoms with Crippen molar-refractivity contribution in [2.24, 2.45) is 10.6 Å². The van der Waals surface area contributed by atoms with Crippen molar-refractivity contribution in [2.45, 2.75) is 54.1 Å². The number of oxime groups is 1. The van der Waals surface area contributed by atoms with Crippen LogP contribution in [-0.4, -0.2) is 34.8 Å².